The lowest BCUT2D eigenvalue weighted by molar-refractivity contribution is 0.415. The van der Waals surface area contributed by atoms with Crippen LogP contribution in [0, 0.1) is 0 Å². The van der Waals surface area contributed by atoms with Gasteiger partial charge in [0.05, 0.1) is 12.8 Å². The molecule has 1 aliphatic heterocycles. The molecule has 0 bridgehead atoms. The third-order valence-electron chi connectivity index (χ3n) is 3.92. The summed E-state index contributed by atoms with van der Waals surface area (Å²) < 4.78 is 5.21. The number of hydrogen-bond acceptors (Lipinski definition) is 5. The van der Waals surface area contributed by atoms with Crippen LogP contribution in [0.1, 0.15) is 24.5 Å². The molecule has 110 valence electrons. The molecule has 1 aromatic heterocycles. The summed E-state index contributed by atoms with van der Waals surface area (Å²) in [5.74, 6) is 1.57. The van der Waals surface area contributed by atoms with Gasteiger partial charge in [0.15, 0.2) is 0 Å². The SMILES string of the molecule is COc1ccc(-c2cnc(N)nc2[C@H]2CCCNC2)cc1. The summed E-state index contributed by atoms with van der Waals surface area (Å²) in [7, 11) is 1.67. The average Bonchev–Trinajstić information content (AvgIpc) is 2.56. The van der Waals surface area contributed by atoms with E-state index >= 15 is 0 Å². The molecule has 0 spiro atoms. The molecular weight excluding hydrogens is 264 g/mol. The van der Waals surface area contributed by atoms with Crippen LogP contribution in [0.15, 0.2) is 30.5 Å². The Kier molecular flexibility index (Phi) is 4.01. The van der Waals surface area contributed by atoms with Crippen LogP contribution in [-0.2, 0) is 0 Å². The van der Waals surface area contributed by atoms with Crippen molar-refractivity contribution in [2.75, 3.05) is 25.9 Å². The first-order valence-electron chi connectivity index (χ1n) is 7.25. The Labute approximate surface area is 124 Å². The first kappa shape index (κ1) is 13.8. The normalized spacial score (nSPS) is 18.4. The van der Waals surface area contributed by atoms with E-state index in [0.717, 1.165) is 48.5 Å². The van der Waals surface area contributed by atoms with E-state index < -0.39 is 0 Å². The fourth-order valence-corrected chi connectivity index (χ4v) is 2.80. The lowest BCUT2D eigenvalue weighted by Crippen LogP contribution is -2.29. The van der Waals surface area contributed by atoms with Crippen LogP contribution in [0.2, 0.25) is 0 Å². The number of ether oxygens (including phenoxy) is 1. The second-order valence-electron chi connectivity index (χ2n) is 5.30. The summed E-state index contributed by atoms with van der Waals surface area (Å²) in [6.07, 6.45) is 4.12. The summed E-state index contributed by atoms with van der Waals surface area (Å²) in [6, 6.07) is 7.98. The highest BCUT2D eigenvalue weighted by Gasteiger charge is 2.21. The Balaban J connectivity index is 1.99. The zero-order valence-corrected chi connectivity index (χ0v) is 12.2. The van der Waals surface area contributed by atoms with Crippen molar-refractivity contribution in [3.8, 4) is 16.9 Å². The number of nitrogens with two attached hydrogens (primary N) is 1. The van der Waals surface area contributed by atoms with E-state index in [2.05, 4.69) is 15.3 Å². The molecule has 5 heteroatoms. The van der Waals surface area contributed by atoms with Crippen LogP contribution in [-0.4, -0.2) is 30.2 Å². The number of aromatic nitrogens is 2. The van der Waals surface area contributed by atoms with Crippen molar-refractivity contribution < 1.29 is 4.74 Å². The maximum atomic E-state index is 5.80. The third-order valence-corrected chi connectivity index (χ3v) is 3.92. The quantitative estimate of drug-likeness (QED) is 0.904. The molecule has 1 atom stereocenters. The zero-order valence-electron chi connectivity index (χ0n) is 12.2. The molecule has 2 heterocycles. The highest BCUT2D eigenvalue weighted by atomic mass is 16.5. The molecule has 21 heavy (non-hydrogen) atoms. The first-order valence-corrected chi connectivity index (χ1v) is 7.25. The van der Waals surface area contributed by atoms with Gasteiger partial charge in [-0.05, 0) is 37.1 Å². The molecule has 0 amide bonds. The number of piperidine rings is 1. The molecule has 0 aliphatic carbocycles. The maximum Gasteiger partial charge on any atom is 0.220 e. The van der Waals surface area contributed by atoms with Gasteiger partial charge < -0.3 is 15.8 Å². The molecule has 1 saturated heterocycles. The monoisotopic (exact) mass is 284 g/mol. The Bertz CT molecular complexity index is 606. The smallest absolute Gasteiger partial charge is 0.220 e. The Hall–Kier alpha value is -2.14. The third kappa shape index (κ3) is 2.97. The molecule has 0 unspecified atom stereocenters. The molecule has 3 rings (SSSR count). The molecule has 0 radical (unpaired) electrons. The van der Waals surface area contributed by atoms with Crippen LogP contribution in [0.3, 0.4) is 0 Å². The predicted octanol–water partition coefficient (Wildman–Crippen LogP) is 2.20. The van der Waals surface area contributed by atoms with Gasteiger partial charge in [0.25, 0.3) is 0 Å². The van der Waals surface area contributed by atoms with Crippen molar-refractivity contribution in [1.82, 2.24) is 15.3 Å². The number of nitrogens with zero attached hydrogens (tertiary/aromatic N) is 2. The second kappa shape index (κ2) is 6.10. The molecule has 1 aromatic carbocycles. The Morgan fingerprint density at radius 1 is 1.29 bits per heavy atom. The van der Waals surface area contributed by atoms with Crippen molar-refractivity contribution in [2.24, 2.45) is 0 Å². The first-order chi connectivity index (χ1) is 10.3. The molecule has 2 aromatic rings. The van der Waals surface area contributed by atoms with Crippen LogP contribution in [0.5, 0.6) is 5.75 Å². The van der Waals surface area contributed by atoms with Gasteiger partial charge in [-0.2, -0.15) is 0 Å². The predicted molar refractivity (Wildman–Crippen MR) is 83.3 cm³/mol. The van der Waals surface area contributed by atoms with Gasteiger partial charge in [-0.25, -0.2) is 9.97 Å². The second-order valence-corrected chi connectivity index (χ2v) is 5.30. The van der Waals surface area contributed by atoms with Crippen molar-refractivity contribution in [2.45, 2.75) is 18.8 Å². The van der Waals surface area contributed by atoms with Crippen molar-refractivity contribution in [1.29, 1.82) is 0 Å². The summed E-state index contributed by atoms with van der Waals surface area (Å²) >= 11 is 0. The van der Waals surface area contributed by atoms with E-state index in [1.807, 2.05) is 30.5 Å². The van der Waals surface area contributed by atoms with E-state index in [4.69, 9.17) is 10.5 Å². The minimum Gasteiger partial charge on any atom is -0.497 e. The van der Waals surface area contributed by atoms with Gasteiger partial charge in [-0.15, -0.1) is 0 Å². The summed E-state index contributed by atoms with van der Waals surface area (Å²) in [6.45, 7) is 2.02. The van der Waals surface area contributed by atoms with Crippen LogP contribution >= 0.6 is 0 Å². The van der Waals surface area contributed by atoms with Gasteiger partial charge in [0, 0.05) is 24.2 Å². The van der Waals surface area contributed by atoms with Gasteiger partial charge in [0.2, 0.25) is 5.95 Å². The number of rotatable bonds is 3. The molecule has 0 saturated carbocycles. The Morgan fingerprint density at radius 2 is 2.10 bits per heavy atom. The minimum absolute atomic E-state index is 0.341. The highest BCUT2D eigenvalue weighted by molar-refractivity contribution is 5.67. The van der Waals surface area contributed by atoms with E-state index in [-0.39, 0.29) is 0 Å². The summed E-state index contributed by atoms with van der Waals surface area (Å²) in [4.78, 5) is 8.68. The number of anilines is 1. The lowest BCUT2D eigenvalue weighted by atomic mass is 9.91. The number of nitrogen functional groups attached to an aromatic ring is 1. The number of methoxy groups -OCH3 is 1. The van der Waals surface area contributed by atoms with Gasteiger partial charge in [-0.1, -0.05) is 12.1 Å². The lowest BCUT2D eigenvalue weighted by Gasteiger charge is -2.24. The largest absolute Gasteiger partial charge is 0.497 e. The van der Waals surface area contributed by atoms with E-state index in [1.165, 1.54) is 0 Å². The van der Waals surface area contributed by atoms with Crippen molar-refractivity contribution in [3.05, 3.63) is 36.2 Å². The molecule has 1 aliphatic rings. The molecular formula is C16H20N4O. The fraction of sp³-hybridized carbons (Fsp3) is 0.375. The standard InChI is InChI=1S/C16H20N4O/c1-21-13-6-4-11(5-7-13)14-10-19-16(17)20-15(14)12-3-2-8-18-9-12/h4-7,10,12,18H,2-3,8-9H2,1H3,(H2,17,19,20)/t12-/m0/s1. The van der Waals surface area contributed by atoms with E-state index in [9.17, 15) is 0 Å². The highest BCUT2D eigenvalue weighted by Crippen LogP contribution is 2.32. The van der Waals surface area contributed by atoms with Crippen molar-refractivity contribution >= 4 is 5.95 Å². The van der Waals surface area contributed by atoms with Gasteiger partial charge in [0.1, 0.15) is 5.75 Å². The van der Waals surface area contributed by atoms with E-state index in [0.29, 0.717) is 11.9 Å². The summed E-state index contributed by atoms with van der Waals surface area (Å²) in [5, 5.41) is 3.43. The van der Waals surface area contributed by atoms with Gasteiger partial charge in [-0.3, -0.25) is 0 Å². The van der Waals surface area contributed by atoms with Crippen LogP contribution in [0.4, 0.5) is 5.95 Å². The van der Waals surface area contributed by atoms with Crippen molar-refractivity contribution in [3.63, 3.8) is 0 Å². The number of benzene rings is 1. The zero-order chi connectivity index (χ0) is 14.7. The fourth-order valence-electron chi connectivity index (χ4n) is 2.80. The molecule has 5 nitrogen and oxygen atoms in total. The molecule has 1 fully saturated rings. The molecule has 3 N–H and O–H groups in total. The van der Waals surface area contributed by atoms with Crippen LogP contribution < -0.4 is 15.8 Å². The van der Waals surface area contributed by atoms with Crippen LogP contribution in [0.25, 0.3) is 11.1 Å². The van der Waals surface area contributed by atoms with E-state index in [1.54, 1.807) is 7.11 Å². The minimum atomic E-state index is 0.341. The topological polar surface area (TPSA) is 73.1 Å². The number of nitrogens with one attached hydrogen (secondary N) is 1. The average molecular weight is 284 g/mol. The number of hydrogen-bond donors (Lipinski definition) is 2. The maximum absolute atomic E-state index is 5.80. The van der Waals surface area contributed by atoms with Gasteiger partial charge >= 0.3 is 0 Å². The Morgan fingerprint density at radius 3 is 2.76 bits per heavy atom. The summed E-state index contributed by atoms with van der Waals surface area (Å²) in [5.41, 5.74) is 8.99.